The van der Waals surface area contributed by atoms with Crippen LogP contribution in [-0.2, 0) is 0 Å². The molecule has 0 spiro atoms. The quantitative estimate of drug-likeness (QED) is 0.860. The summed E-state index contributed by atoms with van der Waals surface area (Å²) in [6.45, 7) is 2.38. The summed E-state index contributed by atoms with van der Waals surface area (Å²) in [6.07, 6.45) is 5.53. The minimum absolute atomic E-state index is 0.535. The monoisotopic (exact) mass is 301 g/mol. The molecule has 0 amide bonds. The number of rotatable bonds is 3. The zero-order valence-electron chi connectivity index (χ0n) is 10.0. The fourth-order valence-electron chi connectivity index (χ4n) is 2.78. The van der Waals surface area contributed by atoms with Crippen LogP contribution in [0, 0.1) is 11.8 Å². The molecule has 1 aliphatic rings. The van der Waals surface area contributed by atoms with Gasteiger partial charge in [-0.2, -0.15) is 11.3 Å². The molecule has 1 aromatic rings. The van der Waals surface area contributed by atoms with E-state index in [1.165, 1.54) is 35.7 Å². The Labute approximate surface area is 111 Å². The second kappa shape index (κ2) is 5.65. The van der Waals surface area contributed by atoms with Crippen LogP contribution in [0.4, 0.5) is 0 Å². The molecule has 0 bridgehead atoms. The third kappa shape index (κ3) is 2.69. The average Bonchev–Trinajstić information content (AvgIpc) is 2.69. The lowest BCUT2D eigenvalue weighted by Crippen LogP contribution is -2.28. The highest BCUT2D eigenvalue weighted by Gasteiger charge is 2.27. The Bertz CT molecular complexity index is 328. The Morgan fingerprint density at radius 1 is 1.31 bits per heavy atom. The molecule has 0 radical (unpaired) electrons. The summed E-state index contributed by atoms with van der Waals surface area (Å²) >= 11 is 5.44. The molecular formula is C13H20BrNS. The molecule has 3 heteroatoms. The minimum atomic E-state index is 0.535. The summed E-state index contributed by atoms with van der Waals surface area (Å²) in [7, 11) is 2.09. The summed E-state index contributed by atoms with van der Waals surface area (Å²) in [5.41, 5.74) is 1.45. The van der Waals surface area contributed by atoms with Gasteiger partial charge in [-0.05, 0) is 58.6 Å². The highest BCUT2D eigenvalue weighted by Crippen LogP contribution is 2.39. The van der Waals surface area contributed by atoms with Gasteiger partial charge in [0.25, 0.3) is 0 Å². The molecule has 1 aliphatic carbocycles. The zero-order valence-corrected chi connectivity index (χ0v) is 12.4. The highest BCUT2D eigenvalue weighted by atomic mass is 79.9. The van der Waals surface area contributed by atoms with Crippen LogP contribution in [0.3, 0.4) is 0 Å². The van der Waals surface area contributed by atoms with E-state index < -0.39 is 0 Å². The molecule has 1 atom stereocenters. The first-order valence-electron chi connectivity index (χ1n) is 6.11. The molecule has 1 fully saturated rings. The van der Waals surface area contributed by atoms with Gasteiger partial charge in [-0.1, -0.05) is 19.8 Å². The van der Waals surface area contributed by atoms with Crippen LogP contribution in [-0.4, -0.2) is 7.05 Å². The van der Waals surface area contributed by atoms with E-state index >= 15 is 0 Å². The molecule has 0 aliphatic heterocycles. The third-order valence-electron chi connectivity index (χ3n) is 3.82. The van der Waals surface area contributed by atoms with E-state index in [0.29, 0.717) is 6.04 Å². The lowest BCUT2D eigenvalue weighted by molar-refractivity contribution is 0.238. The van der Waals surface area contributed by atoms with Gasteiger partial charge >= 0.3 is 0 Å². The van der Waals surface area contributed by atoms with Crippen molar-refractivity contribution in [2.24, 2.45) is 11.8 Å². The molecule has 1 saturated carbocycles. The number of hydrogen-bond donors (Lipinski definition) is 1. The molecule has 0 aromatic carbocycles. The maximum atomic E-state index is 3.66. The number of halogens is 1. The summed E-state index contributed by atoms with van der Waals surface area (Å²) in [5, 5.41) is 7.97. The lowest BCUT2D eigenvalue weighted by Gasteiger charge is -2.32. The van der Waals surface area contributed by atoms with Crippen LogP contribution in [0.1, 0.15) is 44.2 Å². The van der Waals surface area contributed by atoms with Crippen molar-refractivity contribution in [3.63, 3.8) is 0 Å². The molecule has 1 nitrogen and oxygen atoms in total. The second-order valence-electron chi connectivity index (χ2n) is 4.96. The van der Waals surface area contributed by atoms with Crippen LogP contribution in [0.15, 0.2) is 15.2 Å². The van der Waals surface area contributed by atoms with Gasteiger partial charge in [0.15, 0.2) is 0 Å². The van der Waals surface area contributed by atoms with Gasteiger partial charge in [0.1, 0.15) is 0 Å². The highest BCUT2D eigenvalue weighted by molar-refractivity contribution is 9.10. The minimum Gasteiger partial charge on any atom is -0.313 e. The van der Waals surface area contributed by atoms with Crippen molar-refractivity contribution in [1.82, 2.24) is 5.32 Å². The van der Waals surface area contributed by atoms with E-state index in [1.807, 2.05) is 0 Å². The predicted molar refractivity (Wildman–Crippen MR) is 74.9 cm³/mol. The topological polar surface area (TPSA) is 12.0 Å². The molecule has 90 valence electrons. The average molecular weight is 302 g/mol. The molecular weight excluding hydrogens is 282 g/mol. The van der Waals surface area contributed by atoms with E-state index in [0.717, 1.165) is 11.8 Å². The van der Waals surface area contributed by atoms with Crippen molar-refractivity contribution in [2.75, 3.05) is 7.05 Å². The summed E-state index contributed by atoms with van der Waals surface area (Å²) in [4.78, 5) is 0. The Kier molecular flexibility index (Phi) is 4.45. The van der Waals surface area contributed by atoms with Crippen molar-refractivity contribution in [3.05, 3.63) is 20.8 Å². The fraction of sp³-hybridized carbons (Fsp3) is 0.692. The largest absolute Gasteiger partial charge is 0.313 e. The molecule has 1 heterocycles. The van der Waals surface area contributed by atoms with Crippen molar-refractivity contribution >= 4 is 27.3 Å². The van der Waals surface area contributed by atoms with E-state index in [1.54, 1.807) is 11.3 Å². The van der Waals surface area contributed by atoms with Gasteiger partial charge in [0.2, 0.25) is 0 Å². The second-order valence-corrected chi connectivity index (χ2v) is 6.56. The van der Waals surface area contributed by atoms with Crippen molar-refractivity contribution in [1.29, 1.82) is 0 Å². The molecule has 0 saturated heterocycles. The van der Waals surface area contributed by atoms with E-state index in [4.69, 9.17) is 0 Å². The Morgan fingerprint density at radius 3 is 2.50 bits per heavy atom. The molecule has 1 aromatic heterocycles. The fourth-order valence-corrected chi connectivity index (χ4v) is 4.36. The van der Waals surface area contributed by atoms with Gasteiger partial charge in [0.05, 0.1) is 0 Å². The first-order valence-corrected chi connectivity index (χ1v) is 7.84. The van der Waals surface area contributed by atoms with Gasteiger partial charge in [-0.3, -0.25) is 0 Å². The van der Waals surface area contributed by atoms with Crippen LogP contribution >= 0.6 is 27.3 Å². The van der Waals surface area contributed by atoms with Crippen molar-refractivity contribution < 1.29 is 0 Å². The van der Waals surface area contributed by atoms with E-state index in [2.05, 4.69) is 46.0 Å². The first-order chi connectivity index (χ1) is 7.72. The maximum Gasteiger partial charge on any atom is 0.0365 e. The van der Waals surface area contributed by atoms with Crippen molar-refractivity contribution in [3.8, 4) is 0 Å². The van der Waals surface area contributed by atoms with Gasteiger partial charge in [-0.25, -0.2) is 0 Å². The maximum absolute atomic E-state index is 3.66. The zero-order chi connectivity index (χ0) is 11.5. The van der Waals surface area contributed by atoms with E-state index in [9.17, 15) is 0 Å². The first kappa shape index (κ1) is 12.6. The van der Waals surface area contributed by atoms with Gasteiger partial charge in [0, 0.05) is 15.9 Å². The molecule has 1 N–H and O–H groups in total. The molecule has 2 rings (SSSR count). The van der Waals surface area contributed by atoms with Gasteiger partial charge in [-0.15, -0.1) is 0 Å². The Balaban J connectivity index is 2.08. The smallest absolute Gasteiger partial charge is 0.0365 e. The SMILES string of the molecule is CNC(c1cscc1Br)C1CCC(C)CC1. The predicted octanol–water partition coefficient (Wildman–Crippen LogP) is 4.60. The third-order valence-corrected chi connectivity index (χ3v) is 5.57. The summed E-state index contributed by atoms with van der Waals surface area (Å²) < 4.78 is 1.27. The molecule has 1 unspecified atom stereocenters. The number of hydrogen-bond acceptors (Lipinski definition) is 2. The van der Waals surface area contributed by atoms with Crippen LogP contribution in [0.5, 0.6) is 0 Å². The number of nitrogens with one attached hydrogen (secondary N) is 1. The lowest BCUT2D eigenvalue weighted by atomic mass is 9.78. The van der Waals surface area contributed by atoms with Crippen LogP contribution in [0.25, 0.3) is 0 Å². The van der Waals surface area contributed by atoms with Gasteiger partial charge < -0.3 is 5.32 Å². The Hall–Kier alpha value is 0.140. The number of thiophene rings is 1. The molecule has 16 heavy (non-hydrogen) atoms. The Morgan fingerprint density at radius 2 is 2.00 bits per heavy atom. The summed E-state index contributed by atoms with van der Waals surface area (Å²) in [5.74, 6) is 1.74. The van der Waals surface area contributed by atoms with Crippen LogP contribution < -0.4 is 5.32 Å². The van der Waals surface area contributed by atoms with E-state index in [-0.39, 0.29) is 0 Å². The standard InChI is InChI=1S/C13H20BrNS/c1-9-3-5-10(6-4-9)13(15-2)11-7-16-8-12(11)14/h7-10,13,15H,3-6H2,1-2H3. The van der Waals surface area contributed by atoms with Crippen molar-refractivity contribution in [2.45, 2.75) is 38.6 Å². The normalized spacial score (nSPS) is 27.9. The van der Waals surface area contributed by atoms with Crippen LogP contribution in [0.2, 0.25) is 0 Å². The summed E-state index contributed by atoms with van der Waals surface area (Å²) in [6, 6.07) is 0.535.